The van der Waals surface area contributed by atoms with E-state index in [9.17, 15) is 17.6 Å². The second-order valence-corrected chi connectivity index (χ2v) is 7.67. The van der Waals surface area contributed by atoms with E-state index in [0.29, 0.717) is 12.2 Å². The summed E-state index contributed by atoms with van der Waals surface area (Å²) in [6, 6.07) is 20.0. The number of anilines is 2. The maximum atomic E-state index is 13.1. The van der Waals surface area contributed by atoms with Crippen LogP contribution in [0.25, 0.3) is 0 Å². The Morgan fingerprint density at radius 2 is 1.54 bits per heavy atom. The van der Waals surface area contributed by atoms with Crippen LogP contribution in [0, 0.1) is 5.82 Å². The molecule has 0 aliphatic rings. The van der Waals surface area contributed by atoms with E-state index in [2.05, 4.69) is 4.72 Å². The molecule has 0 bridgehead atoms. The summed E-state index contributed by atoms with van der Waals surface area (Å²) in [5.41, 5.74) is 1.09. The number of carbonyl (C=O) groups is 1. The van der Waals surface area contributed by atoms with E-state index in [1.807, 2.05) is 37.3 Å². The average molecular weight is 398 g/mol. The standard InChI is InChI=1S/C21H19FN2O3S/c1-2-24(17-8-4-3-5-9-17)21(25)19-10-6-7-11-20(19)23-28(26,27)18-14-12-16(22)13-15-18/h3-15,23H,2H2,1H3. The van der Waals surface area contributed by atoms with Crippen molar-refractivity contribution in [1.82, 2.24) is 0 Å². The Hall–Kier alpha value is -3.19. The van der Waals surface area contributed by atoms with Crippen LogP contribution < -0.4 is 9.62 Å². The molecule has 0 saturated heterocycles. The number of halogens is 1. The number of hydrogen-bond acceptors (Lipinski definition) is 3. The van der Waals surface area contributed by atoms with Crippen molar-refractivity contribution in [3.05, 3.63) is 90.2 Å². The Kier molecular flexibility index (Phi) is 5.75. The highest BCUT2D eigenvalue weighted by Crippen LogP contribution is 2.24. The third-order valence-electron chi connectivity index (χ3n) is 4.15. The van der Waals surface area contributed by atoms with E-state index in [-0.39, 0.29) is 22.1 Å². The van der Waals surface area contributed by atoms with E-state index in [0.717, 1.165) is 12.1 Å². The minimum absolute atomic E-state index is 0.0911. The Labute approximate surface area is 163 Å². The molecule has 7 heteroatoms. The molecule has 144 valence electrons. The molecule has 0 spiro atoms. The minimum atomic E-state index is -3.97. The minimum Gasteiger partial charge on any atom is -0.309 e. The number of hydrogen-bond donors (Lipinski definition) is 1. The predicted molar refractivity (Wildman–Crippen MR) is 107 cm³/mol. The maximum Gasteiger partial charge on any atom is 0.261 e. The molecule has 0 aliphatic heterocycles. The van der Waals surface area contributed by atoms with E-state index in [1.165, 1.54) is 18.2 Å². The number of carbonyl (C=O) groups excluding carboxylic acids is 1. The third kappa shape index (κ3) is 4.20. The molecule has 1 N–H and O–H groups in total. The van der Waals surface area contributed by atoms with Gasteiger partial charge in [-0.1, -0.05) is 30.3 Å². The van der Waals surface area contributed by atoms with Crippen LogP contribution in [0.2, 0.25) is 0 Å². The first-order valence-corrected chi connectivity index (χ1v) is 10.1. The highest BCUT2D eigenvalue weighted by atomic mass is 32.2. The number of amides is 1. The highest BCUT2D eigenvalue weighted by molar-refractivity contribution is 7.92. The van der Waals surface area contributed by atoms with Gasteiger partial charge in [-0.2, -0.15) is 0 Å². The van der Waals surface area contributed by atoms with Crippen LogP contribution in [-0.2, 0) is 10.0 Å². The number of nitrogens with one attached hydrogen (secondary N) is 1. The first-order chi connectivity index (χ1) is 13.4. The Morgan fingerprint density at radius 3 is 2.18 bits per heavy atom. The van der Waals surface area contributed by atoms with Gasteiger partial charge in [-0.3, -0.25) is 9.52 Å². The average Bonchev–Trinajstić information content (AvgIpc) is 2.70. The van der Waals surface area contributed by atoms with E-state index < -0.39 is 15.8 Å². The summed E-state index contributed by atoms with van der Waals surface area (Å²) in [5, 5.41) is 0. The van der Waals surface area contributed by atoms with Gasteiger partial charge in [0.15, 0.2) is 0 Å². The van der Waals surface area contributed by atoms with Crippen LogP contribution in [0.15, 0.2) is 83.8 Å². The topological polar surface area (TPSA) is 66.5 Å². The monoisotopic (exact) mass is 398 g/mol. The van der Waals surface area contributed by atoms with E-state index in [1.54, 1.807) is 23.1 Å². The van der Waals surface area contributed by atoms with Crippen LogP contribution in [0.5, 0.6) is 0 Å². The highest BCUT2D eigenvalue weighted by Gasteiger charge is 2.22. The van der Waals surface area contributed by atoms with Gasteiger partial charge in [0.25, 0.3) is 15.9 Å². The summed E-state index contributed by atoms with van der Waals surface area (Å²) in [4.78, 5) is 14.6. The maximum absolute atomic E-state index is 13.1. The molecular weight excluding hydrogens is 379 g/mol. The summed E-state index contributed by atoms with van der Waals surface area (Å²) < 4.78 is 40.8. The largest absolute Gasteiger partial charge is 0.309 e. The van der Waals surface area contributed by atoms with Gasteiger partial charge in [0.2, 0.25) is 0 Å². The molecule has 0 radical (unpaired) electrons. The molecule has 0 heterocycles. The smallest absolute Gasteiger partial charge is 0.261 e. The molecule has 0 unspecified atom stereocenters. The van der Waals surface area contributed by atoms with Crippen molar-refractivity contribution in [2.75, 3.05) is 16.2 Å². The van der Waals surface area contributed by atoms with Gasteiger partial charge in [0, 0.05) is 12.2 Å². The lowest BCUT2D eigenvalue weighted by Crippen LogP contribution is -2.31. The second kappa shape index (κ2) is 8.22. The summed E-state index contributed by atoms with van der Waals surface area (Å²) in [6.07, 6.45) is 0. The van der Waals surface area contributed by atoms with E-state index in [4.69, 9.17) is 0 Å². The molecule has 3 aromatic rings. The van der Waals surface area contributed by atoms with Gasteiger partial charge in [-0.25, -0.2) is 12.8 Å². The van der Waals surface area contributed by atoms with Crippen molar-refractivity contribution < 1.29 is 17.6 Å². The lowest BCUT2D eigenvalue weighted by atomic mass is 10.1. The fourth-order valence-corrected chi connectivity index (χ4v) is 3.85. The molecule has 0 aliphatic carbocycles. The Balaban J connectivity index is 1.95. The van der Waals surface area contributed by atoms with Gasteiger partial charge >= 0.3 is 0 Å². The van der Waals surface area contributed by atoms with Gasteiger partial charge in [0.05, 0.1) is 16.1 Å². The van der Waals surface area contributed by atoms with Gasteiger partial charge in [0.1, 0.15) is 5.82 Å². The Bertz CT molecular complexity index is 1070. The summed E-state index contributed by atoms with van der Waals surface area (Å²) in [7, 11) is -3.97. The molecule has 1 amide bonds. The summed E-state index contributed by atoms with van der Waals surface area (Å²) in [5.74, 6) is -0.859. The number of nitrogens with zero attached hydrogens (tertiary/aromatic N) is 1. The summed E-state index contributed by atoms with van der Waals surface area (Å²) in [6.45, 7) is 2.26. The zero-order valence-corrected chi connectivity index (χ0v) is 16.0. The normalized spacial score (nSPS) is 11.1. The van der Waals surface area contributed by atoms with Crippen molar-refractivity contribution >= 4 is 27.3 Å². The lowest BCUT2D eigenvalue weighted by Gasteiger charge is -2.22. The van der Waals surface area contributed by atoms with E-state index >= 15 is 0 Å². The lowest BCUT2D eigenvalue weighted by molar-refractivity contribution is 0.0989. The molecule has 0 atom stereocenters. The molecule has 3 aromatic carbocycles. The second-order valence-electron chi connectivity index (χ2n) is 5.99. The molecular formula is C21H19FN2O3S. The quantitative estimate of drug-likeness (QED) is 0.673. The van der Waals surface area contributed by atoms with Crippen molar-refractivity contribution in [3.63, 3.8) is 0 Å². The van der Waals surface area contributed by atoms with Crippen LogP contribution in [0.4, 0.5) is 15.8 Å². The van der Waals surface area contributed by atoms with Crippen molar-refractivity contribution in [2.24, 2.45) is 0 Å². The van der Waals surface area contributed by atoms with Crippen molar-refractivity contribution in [3.8, 4) is 0 Å². The number of sulfonamides is 1. The first kappa shape index (κ1) is 19.6. The van der Waals surface area contributed by atoms with Crippen molar-refractivity contribution in [1.29, 1.82) is 0 Å². The van der Waals surface area contributed by atoms with Crippen LogP contribution >= 0.6 is 0 Å². The fraction of sp³-hybridized carbons (Fsp3) is 0.0952. The number of benzene rings is 3. The van der Waals surface area contributed by atoms with Crippen LogP contribution in [0.3, 0.4) is 0 Å². The molecule has 0 fully saturated rings. The van der Waals surface area contributed by atoms with Gasteiger partial charge in [-0.05, 0) is 55.5 Å². The van der Waals surface area contributed by atoms with Gasteiger partial charge in [-0.15, -0.1) is 0 Å². The molecule has 0 saturated carbocycles. The van der Waals surface area contributed by atoms with Crippen LogP contribution in [0.1, 0.15) is 17.3 Å². The number of rotatable bonds is 6. The van der Waals surface area contributed by atoms with Crippen LogP contribution in [-0.4, -0.2) is 20.9 Å². The SMILES string of the molecule is CCN(C(=O)c1ccccc1NS(=O)(=O)c1ccc(F)cc1)c1ccccc1. The summed E-state index contributed by atoms with van der Waals surface area (Å²) >= 11 is 0. The molecule has 0 aromatic heterocycles. The zero-order valence-electron chi connectivity index (χ0n) is 15.2. The molecule has 5 nitrogen and oxygen atoms in total. The van der Waals surface area contributed by atoms with Crippen molar-refractivity contribution in [2.45, 2.75) is 11.8 Å². The number of para-hydroxylation sites is 2. The predicted octanol–water partition coefficient (Wildman–Crippen LogP) is 4.29. The molecule has 28 heavy (non-hydrogen) atoms. The fourth-order valence-electron chi connectivity index (χ4n) is 2.77. The Morgan fingerprint density at radius 1 is 0.929 bits per heavy atom. The van der Waals surface area contributed by atoms with Gasteiger partial charge < -0.3 is 4.90 Å². The first-order valence-electron chi connectivity index (χ1n) is 8.66. The third-order valence-corrected chi connectivity index (χ3v) is 5.54. The zero-order chi connectivity index (χ0) is 20.1. The molecule has 3 rings (SSSR count).